The molecule has 2 aromatic heterocycles. The number of fused-ring (bicyclic) bond motifs is 1. The average Bonchev–Trinajstić information content (AvgIpc) is 3.25. The highest BCUT2D eigenvalue weighted by Crippen LogP contribution is 2.38. The predicted octanol–water partition coefficient (Wildman–Crippen LogP) is 3.04. The summed E-state index contributed by atoms with van der Waals surface area (Å²) in [6, 6.07) is 7.42. The number of aromatic nitrogens is 3. The Kier molecular flexibility index (Phi) is 3.66. The molecule has 9 heteroatoms. The third-order valence-corrected chi connectivity index (χ3v) is 5.03. The van der Waals surface area contributed by atoms with Gasteiger partial charge in [0.05, 0.1) is 6.26 Å². The van der Waals surface area contributed by atoms with Gasteiger partial charge in [0.1, 0.15) is 0 Å². The van der Waals surface area contributed by atoms with Gasteiger partial charge in [0.15, 0.2) is 17.3 Å². The molecule has 0 unspecified atom stereocenters. The topological polar surface area (TPSA) is 88.3 Å². The molecule has 118 valence electrons. The smallest absolute Gasteiger partial charge is 0.231 e. The molecule has 3 aromatic rings. The number of rotatable bonds is 4. The minimum absolute atomic E-state index is 0.252. The van der Waals surface area contributed by atoms with E-state index in [9.17, 15) is 0 Å². The molecule has 0 amide bonds. The molecule has 4 rings (SSSR count). The van der Waals surface area contributed by atoms with Crippen LogP contribution >= 0.6 is 27.7 Å². The van der Waals surface area contributed by atoms with Crippen LogP contribution in [0.15, 0.2) is 44.6 Å². The Morgan fingerprint density at radius 1 is 1.26 bits per heavy atom. The predicted molar refractivity (Wildman–Crippen MR) is 87.7 cm³/mol. The molecule has 0 radical (unpaired) electrons. The van der Waals surface area contributed by atoms with E-state index in [4.69, 9.17) is 19.7 Å². The molecular weight excluding hydrogens is 384 g/mol. The van der Waals surface area contributed by atoms with E-state index in [1.807, 2.05) is 12.1 Å². The standard InChI is InChI=1S/C14H11BrN4O3S/c15-9-5-12-11(21-7-22-12)4-8(9)6-23-14-18-17-13(19(14)16)10-2-1-3-20-10/h1-5H,6-7,16H2. The molecule has 0 saturated heterocycles. The summed E-state index contributed by atoms with van der Waals surface area (Å²) in [5.41, 5.74) is 1.06. The summed E-state index contributed by atoms with van der Waals surface area (Å²) in [4.78, 5) is 0. The highest BCUT2D eigenvalue weighted by atomic mass is 79.9. The van der Waals surface area contributed by atoms with Crippen molar-refractivity contribution >= 4 is 27.7 Å². The molecule has 2 N–H and O–H groups in total. The lowest BCUT2D eigenvalue weighted by Gasteiger charge is -2.06. The Morgan fingerprint density at radius 2 is 2.09 bits per heavy atom. The van der Waals surface area contributed by atoms with Crippen LogP contribution < -0.4 is 15.3 Å². The summed E-state index contributed by atoms with van der Waals surface area (Å²) in [5.74, 6) is 9.25. The van der Waals surface area contributed by atoms with Crippen molar-refractivity contribution in [1.82, 2.24) is 14.9 Å². The summed E-state index contributed by atoms with van der Waals surface area (Å²) in [6.07, 6.45) is 1.57. The number of nitrogens with two attached hydrogens (primary N) is 1. The van der Waals surface area contributed by atoms with Gasteiger partial charge in [-0.15, -0.1) is 10.2 Å². The van der Waals surface area contributed by atoms with Crippen molar-refractivity contribution in [2.24, 2.45) is 0 Å². The third-order valence-electron chi connectivity index (χ3n) is 3.30. The van der Waals surface area contributed by atoms with E-state index in [1.54, 1.807) is 18.4 Å². The second-order valence-corrected chi connectivity index (χ2v) is 6.54. The zero-order chi connectivity index (χ0) is 15.8. The molecule has 7 nitrogen and oxygen atoms in total. The van der Waals surface area contributed by atoms with Crippen molar-refractivity contribution in [2.45, 2.75) is 10.9 Å². The van der Waals surface area contributed by atoms with Crippen molar-refractivity contribution in [3.63, 3.8) is 0 Å². The first-order valence-corrected chi connectivity index (χ1v) is 8.45. The molecule has 0 spiro atoms. The maximum absolute atomic E-state index is 6.04. The van der Waals surface area contributed by atoms with Gasteiger partial charge in [-0.1, -0.05) is 27.7 Å². The average molecular weight is 395 g/mol. The lowest BCUT2D eigenvalue weighted by Crippen LogP contribution is -2.11. The second kappa shape index (κ2) is 5.82. The third kappa shape index (κ3) is 2.66. The normalized spacial score (nSPS) is 12.7. The van der Waals surface area contributed by atoms with E-state index in [0.717, 1.165) is 21.5 Å². The fraction of sp³-hybridized carbons (Fsp3) is 0.143. The van der Waals surface area contributed by atoms with E-state index in [2.05, 4.69) is 26.1 Å². The Labute approximate surface area is 143 Å². The number of hydrogen-bond acceptors (Lipinski definition) is 7. The Morgan fingerprint density at radius 3 is 2.87 bits per heavy atom. The van der Waals surface area contributed by atoms with Gasteiger partial charge in [-0.2, -0.15) is 0 Å². The van der Waals surface area contributed by atoms with Crippen LogP contribution in [-0.2, 0) is 5.75 Å². The maximum atomic E-state index is 6.04. The van der Waals surface area contributed by atoms with Crippen LogP contribution in [-0.4, -0.2) is 21.7 Å². The van der Waals surface area contributed by atoms with Crippen LogP contribution in [0.2, 0.25) is 0 Å². The quantitative estimate of drug-likeness (QED) is 0.537. The molecule has 3 heterocycles. The van der Waals surface area contributed by atoms with E-state index < -0.39 is 0 Å². The number of hydrogen-bond donors (Lipinski definition) is 1. The molecule has 1 aliphatic heterocycles. The number of halogens is 1. The molecule has 0 bridgehead atoms. The van der Waals surface area contributed by atoms with Gasteiger partial charge in [-0.05, 0) is 29.8 Å². The summed E-state index contributed by atoms with van der Waals surface area (Å²) in [7, 11) is 0. The monoisotopic (exact) mass is 394 g/mol. The molecule has 1 aliphatic rings. The van der Waals surface area contributed by atoms with Gasteiger partial charge in [0, 0.05) is 10.2 Å². The number of nitrogen functional groups attached to an aromatic ring is 1. The molecule has 1 aromatic carbocycles. The number of thioether (sulfide) groups is 1. The molecule has 0 saturated carbocycles. The SMILES string of the molecule is Nn1c(SCc2cc3c(cc2Br)OCO3)nnc1-c1ccco1. The molecule has 0 aliphatic carbocycles. The van der Waals surface area contributed by atoms with Gasteiger partial charge >= 0.3 is 0 Å². The molecule has 23 heavy (non-hydrogen) atoms. The fourth-order valence-corrected chi connectivity index (χ4v) is 3.66. The van der Waals surface area contributed by atoms with Crippen molar-refractivity contribution in [3.05, 3.63) is 40.6 Å². The van der Waals surface area contributed by atoms with Gasteiger partial charge < -0.3 is 19.7 Å². The number of nitrogens with zero attached hydrogens (tertiary/aromatic N) is 3. The molecule has 0 atom stereocenters. The van der Waals surface area contributed by atoms with E-state index >= 15 is 0 Å². The first-order valence-electron chi connectivity index (χ1n) is 6.67. The zero-order valence-corrected chi connectivity index (χ0v) is 14.1. The number of ether oxygens (including phenoxy) is 2. The lowest BCUT2D eigenvalue weighted by atomic mass is 10.2. The minimum Gasteiger partial charge on any atom is -0.461 e. The maximum Gasteiger partial charge on any atom is 0.231 e. The largest absolute Gasteiger partial charge is 0.461 e. The van der Waals surface area contributed by atoms with Crippen molar-refractivity contribution in [2.75, 3.05) is 12.6 Å². The Bertz CT molecular complexity index is 850. The van der Waals surface area contributed by atoms with Gasteiger partial charge in [-0.25, -0.2) is 4.68 Å². The Balaban J connectivity index is 1.54. The van der Waals surface area contributed by atoms with Crippen LogP contribution in [0.1, 0.15) is 5.56 Å². The second-order valence-electron chi connectivity index (χ2n) is 4.74. The van der Waals surface area contributed by atoms with E-state index in [1.165, 1.54) is 16.4 Å². The number of benzene rings is 1. The fourth-order valence-electron chi connectivity index (χ4n) is 2.16. The minimum atomic E-state index is 0.252. The van der Waals surface area contributed by atoms with E-state index in [-0.39, 0.29) is 6.79 Å². The van der Waals surface area contributed by atoms with E-state index in [0.29, 0.717) is 22.5 Å². The van der Waals surface area contributed by atoms with Crippen LogP contribution in [0.4, 0.5) is 0 Å². The van der Waals surface area contributed by atoms with Crippen molar-refractivity contribution in [1.29, 1.82) is 0 Å². The van der Waals surface area contributed by atoms with Crippen molar-refractivity contribution < 1.29 is 13.9 Å². The summed E-state index contributed by atoms with van der Waals surface area (Å²) >= 11 is 5.01. The molecular formula is C14H11BrN4O3S. The van der Waals surface area contributed by atoms with Crippen LogP contribution in [0.5, 0.6) is 11.5 Å². The zero-order valence-electron chi connectivity index (χ0n) is 11.7. The van der Waals surface area contributed by atoms with Gasteiger partial charge in [0.25, 0.3) is 0 Å². The Hall–Kier alpha value is -2.13. The highest BCUT2D eigenvalue weighted by molar-refractivity contribution is 9.10. The first-order chi connectivity index (χ1) is 11.2. The molecule has 0 fully saturated rings. The summed E-state index contributed by atoms with van der Waals surface area (Å²) < 4.78 is 18.4. The van der Waals surface area contributed by atoms with Crippen LogP contribution in [0, 0.1) is 0 Å². The van der Waals surface area contributed by atoms with Crippen molar-refractivity contribution in [3.8, 4) is 23.1 Å². The van der Waals surface area contributed by atoms with Gasteiger partial charge in [-0.3, -0.25) is 0 Å². The van der Waals surface area contributed by atoms with Crippen LogP contribution in [0.25, 0.3) is 11.6 Å². The first kappa shape index (κ1) is 14.5. The van der Waals surface area contributed by atoms with Gasteiger partial charge in [0.2, 0.25) is 17.8 Å². The van der Waals surface area contributed by atoms with Crippen LogP contribution in [0.3, 0.4) is 0 Å². The summed E-state index contributed by atoms with van der Waals surface area (Å²) in [6.45, 7) is 0.252. The lowest BCUT2D eigenvalue weighted by molar-refractivity contribution is 0.174. The highest BCUT2D eigenvalue weighted by Gasteiger charge is 2.18. The summed E-state index contributed by atoms with van der Waals surface area (Å²) in [5, 5.41) is 8.77. The number of furan rings is 1.